The van der Waals surface area contributed by atoms with Gasteiger partial charge in [-0.2, -0.15) is 0 Å². The lowest BCUT2D eigenvalue weighted by Gasteiger charge is -2.33. The van der Waals surface area contributed by atoms with Gasteiger partial charge in [0.05, 0.1) is 13.2 Å². The molecule has 1 aliphatic rings. The van der Waals surface area contributed by atoms with Crippen molar-refractivity contribution in [2.24, 2.45) is 0 Å². The first-order chi connectivity index (χ1) is 12.4. The van der Waals surface area contributed by atoms with Crippen molar-refractivity contribution in [3.63, 3.8) is 0 Å². The fourth-order valence-electron chi connectivity index (χ4n) is 2.89. The second kappa shape index (κ2) is 8.65. The number of carbonyl (C=O) groups is 2. The summed E-state index contributed by atoms with van der Waals surface area (Å²) < 4.78 is 6.15. The lowest BCUT2D eigenvalue weighted by Crippen LogP contribution is -2.50. The number of piperazine rings is 1. The highest BCUT2D eigenvalue weighted by molar-refractivity contribution is 6.01. The Morgan fingerprint density at radius 2 is 1.81 bits per heavy atom. The minimum Gasteiger partial charge on any atom is -0.450 e. The number of nitrogens with two attached hydrogens (primary N) is 1. The summed E-state index contributed by atoms with van der Waals surface area (Å²) in [7, 11) is 0. The monoisotopic (exact) mass is 367 g/mol. The maximum absolute atomic E-state index is 12.6. The molecule has 0 aliphatic carbocycles. The van der Waals surface area contributed by atoms with E-state index in [1.54, 1.807) is 11.8 Å². The second-order valence-corrected chi connectivity index (χ2v) is 6.06. The molecule has 0 bridgehead atoms. The number of nitrogens with one attached hydrogen (secondary N) is 1. The minimum atomic E-state index is -0.769. The summed E-state index contributed by atoms with van der Waals surface area (Å²) >= 11 is 0. The predicted molar refractivity (Wildman–Crippen MR) is 95.4 cm³/mol. The molecule has 0 saturated carbocycles. The van der Waals surface area contributed by atoms with E-state index in [0.717, 1.165) is 0 Å². The van der Waals surface area contributed by atoms with Crippen LogP contribution in [0.4, 0.5) is 10.6 Å². The van der Waals surface area contributed by atoms with E-state index in [1.165, 1.54) is 4.57 Å². The van der Waals surface area contributed by atoms with Crippen molar-refractivity contribution in [2.45, 2.75) is 26.8 Å². The van der Waals surface area contributed by atoms with E-state index < -0.39 is 17.0 Å². The third kappa shape index (κ3) is 4.31. The fraction of sp³-hybridized carbons (Fsp3) is 0.625. The number of Topliss-reactive ketones (excluding diaryl/α,β-unsaturated/α-hetero) is 1. The molecule has 144 valence electrons. The van der Waals surface area contributed by atoms with Gasteiger partial charge >= 0.3 is 11.8 Å². The molecule has 0 spiro atoms. The largest absolute Gasteiger partial charge is 0.450 e. The van der Waals surface area contributed by atoms with Crippen LogP contribution in [0.1, 0.15) is 30.6 Å². The molecule has 0 aromatic carbocycles. The number of H-pyrrole nitrogens is 1. The number of hydrogen-bond donors (Lipinski definition) is 2. The summed E-state index contributed by atoms with van der Waals surface area (Å²) in [5, 5.41) is 0. The van der Waals surface area contributed by atoms with Gasteiger partial charge in [0.1, 0.15) is 11.4 Å². The standard InChI is InChI=1S/C16H25N5O5/c1-3-5-21-13(17)12(14(23)18-15(21)24)11(22)10-19-6-8-20(9-7-19)16(25)26-4-2/h3-10,17H2,1-2H3,(H,18,23,24). The average Bonchev–Trinajstić information content (AvgIpc) is 2.59. The van der Waals surface area contributed by atoms with Crippen LogP contribution in [0.3, 0.4) is 0 Å². The van der Waals surface area contributed by atoms with Crippen LogP contribution < -0.4 is 17.0 Å². The first-order valence-corrected chi connectivity index (χ1v) is 8.68. The van der Waals surface area contributed by atoms with Gasteiger partial charge in [0.25, 0.3) is 5.56 Å². The number of aromatic nitrogens is 2. The van der Waals surface area contributed by atoms with Crippen molar-refractivity contribution in [3.05, 3.63) is 26.4 Å². The van der Waals surface area contributed by atoms with Gasteiger partial charge in [-0.1, -0.05) is 6.92 Å². The number of hydrogen-bond acceptors (Lipinski definition) is 7. The SMILES string of the molecule is CCCn1c(N)c(C(=O)CN2CCN(C(=O)OCC)CC2)c(=O)[nH]c1=O. The zero-order chi connectivity index (χ0) is 19.3. The van der Waals surface area contributed by atoms with E-state index in [9.17, 15) is 19.2 Å². The van der Waals surface area contributed by atoms with Crippen molar-refractivity contribution in [1.82, 2.24) is 19.4 Å². The zero-order valence-corrected chi connectivity index (χ0v) is 15.1. The molecule has 0 atom stereocenters. The third-order valence-corrected chi connectivity index (χ3v) is 4.23. The molecule has 10 heteroatoms. The Balaban J connectivity index is 2.07. The molecular weight excluding hydrogens is 342 g/mol. The van der Waals surface area contributed by atoms with E-state index >= 15 is 0 Å². The molecule has 2 heterocycles. The quantitative estimate of drug-likeness (QED) is 0.647. The number of nitrogen functional groups attached to an aromatic ring is 1. The molecule has 10 nitrogen and oxygen atoms in total. The van der Waals surface area contributed by atoms with Crippen LogP contribution in [-0.4, -0.2) is 70.6 Å². The molecule has 0 unspecified atom stereocenters. The van der Waals surface area contributed by atoms with E-state index in [-0.39, 0.29) is 24.0 Å². The molecule has 0 radical (unpaired) electrons. The predicted octanol–water partition coefficient (Wildman–Crippen LogP) is -0.514. The topological polar surface area (TPSA) is 131 Å². The molecule has 1 saturated heterocycles. The van der Waals surface area contributed by atoms with Gasteiger partial charge in [0, 0.05) is 32.7 Å². The molecule has 1 aromatic heterocycles. The summed E-state index contributed by atoms with van der Waals surface area (Å²) in [5.74, 6) is -0.547. The number of aromatic amines is 1. The van der Waals surface area contributed by atoms with Gasteiger partial charge in [0.15, 0.2) is 5.78 Å². The first kappa shape index (κ1) is 19.7. The zero-order valence-electron chi connectivity index (χ0n) is 15.1. The van der Waals surface area contributed by atoms with Gasteiger partial charge in [0.2, 0.25) is 0 Å². The average molecular weight is 367 g/mol. The van der Waals surface area contributed by atoms with Crippen molar-refractivity contribution in [3.8, 4) is 0 Å². The molecule has 26 heavy (non-hydrogen) atoms. The summed E-state index contributed by atoms with van der Waals surface area (Å²) in [6.45, 7) is 6.07. The number of rotatable bonds is 6. The lowest BCUT2D eigenvalue weighted by atomic mass is 10.1. The minimum absolute atomic E-state index is 0.00568. The maximum Gasteiger partial charge on any atom is 0.409 e. The summed E-state index contributed by atoms with van der Waals surface area (Å²) in [4.78, 5) is 53.7. The van der Waals surface area contributed by atoms with Crippen LogP contribution in [-0.2, 0) is 11.3 Å². The Bertz CT molecular complexity index is 776. The second-order valence-electron chi connectivity index (χ2n) is 6.06. The lowest BCUT2D eigenvalue weighted by molar-refractivity contribution is 0.0732. The molecule has 1 fully saturated rings. The van der Waals surface area contributed by atoms with E-state index in [1.807, 2.05) is 11.8 Å². The van der Waals surface area contributed by atoms with Crippen molar-refractivity contribution >= 4 is 17.7 Å². The van der Waals surface area contributed by atoms with E-state index in [4.69, 9.17) is 10.5 Å². The maximum atomic E-state index is 12.6. The van der Waals surface area contributed by atoms with Crippen LogP contribution in [0.2, 0.25) is 0 Å². The first-order valence-electron chi connectivity index (χ1n) is 8.68. The highest BCUT2D eigenvalue weighted by atomic mass is 16.6. The Morgan fingerprint density at radius 3 is 2.38 bits per heavy atom. The molecule has 3 N–H and O–H groups in total. The summed E-state index contributed by atoms with van der Waals surface area (Å²) in [6.07, 6.45) is 0.269. The van der Waals surface area contributed by atoms with Gasteiger partial charge in [-0.3, -0.25) is 24.0 Å². The number of nitrogens with zero attached hydrogens (tertiary/aromatic N) is 3. The van der Waals surface area contributed by atoms with Crippen LogP contribution >= 0.6 is 0 Å². The van der Waals surface area contributed by atoms with Gasteiger partial charge in [-0.25, -0.2) is 9.59 Å². The van der Waals surface area contributed by atoms with E-state index in [2.05, 4.69) is 4.98 Å². The summed E-state index contributed by atoms with van der Waals surface area (Å²) in [6, 6.07) is 0. The van der Waals surface area contributed by atoms with Gasteiger partial charge in [-0.15, -0.1) is 0 Å². The molecular formula is C16H25N5O5. The highest BCUT2D eigenvalue weighted by Gasteiger charge is 2.26. The van der Waals surface area contributed by atoms with Gasteiger partial charge in [-0.05, 0) is 13.3 Å². The van der Waals surface area contributed by atoms with Crippen LogP contribution in [0.5, 0.6) is 0 Å². The molecule has 1 amide bonds. The Hall–Kier alpha value is -2.62. The molecule has 2 rings (SSSR count). The van der Waals surface area contributed by atoms with Crippen molar-refractivity contribution in [1.29, 1.82) is 0 Å². The third-order valence-electron chi connectivity index (χ3n) is 4.23. The van der Waals surface area contributed by atoms with Crippen LogP contribution in [0.15, 0.2) is 9.59 Å². The van der Waals surface area contributed by atoms with Crippen LogP contribution in [0.25, 0.3) is 0 Å². The Kier molecular flexibility index (Phi) is 6.56. The fourth-order valence-corrected chi connectivity index (χ4v) is 2.89. The molecule has 1 aromatic rings. The number of ketones is 1. The number of anilines is 1. The Labute approximate surface area is 150 Å². The van der Waals surface area contributed by atoms with E-state index in [0.29, 0.717) is 45.8 Å². The van der Waals surface area contributed by atoms with Crippen molar-refractivity contribution in [2.75, 3.05) is 45.1 Å². The van der Waals surface area contributed by atoms with Crippen LogP contribution in [0, 0.1) is 0 Å². The smallest absolute Gasteiger partial charge is 0.409 e. The Morgan fingerprint density at radius 1 is 1.15 bits per heavy atom. The van der Waals surface area contributed by atoms with Gasteiger partial charge < -0.3 is 15.4 Å². The number of ether oxygens (including phenoxy) is 1. The normalized spacial score (nSPS) is 15.1. The number of amides is 1. The number of carbonyl (C=O) groups excluding carboxylic acids is 2. The summed E-state index contributed by atoms with van der Waals surface area (Å²) in [5.41, 5.74) is 4.33. The molecule has 1 aliphatic heterocycles. The van der Waals surface area contributed by atoms with Crippen molar-refractivity contribution < 1.29 is 14.3 Å². The highest BCUT2D eigenvalue weighted by Crippen LogP contribution is 2.09.